The smallest absolute Gasteiger partial charge is 0.123 e. The van der Waals surface area contributed by atoms with Crippen molar-refractivity contribution in [3.8, 4) is 0 Å². The van der Waals surface area contributed by atoms with Crippen molar-refractivity contribution in [3.63, 3.8) is 0 Å². The van der Waals surface area contributed by atoms with Gasteiger partial charge in [-0.25, -0.2) is 4.39 Å². The van der Waals surface area contributed by atoms with Gasteiger partial charge in [-0.15, -0.1) is 0 Å². The molecule has 0 bridgehead atoms. The molecule has 2 rings (SSSR count). The van der Waals surface area contributed by atoms with Gasteiger partial charge in [0.25, 0.3) is 0 Å². The molecule has 3 heteroatoms. The SMILES string of the molecule is CC(NC1CCCSC1)c1cccc(F)c1. The summed E-state index contributed by atoms with van der Waals surface area (Å²) < 4.78 is 13.1. The Morgan fingerprint density at radius 1 is 1.50 bits per heavy atom. The second kappa shape index (κ2) is 5.69. The highest BCUT2D eigenvalue weighted by molar-refractivity contribution is 7.99. The maximum atomic E-state index is 13.1. The highest BCUT2D eigenvalue weighted by Crippen LogP contribution is 2.21. The van der Waals surface area contributed by atoms with E-state index in [-0.39, 0.29) is 11.9 Å². The first-order valence-corrected chi connectivity index (χ1v) is 7.00. The van der Waals surface area contributed by atoms with E-state index in [2.05, 4.69) is 12.2 Å². The van der Waals surface area contributed by atoms with Crippen LogP contribution < -0.4 is 5.32 Å². The van der Waals surface area contributed by atoms with Crippen LogP contribution in [0.2, 0.25) is 0 Å². The zero-order chi connectivity index (χ0) is 11.4. The van der Waals surface area contributed by atoms with Crippen molar-refractivity contribution in [3.05, 3.63) is 35.6 Å². The monoisotopic (exact) mass is 239 g/mol. The molecule has 16 heavy (non-hydrogen) atoms. The van der Waals surface area contributed by atoms with Crippen LogP contribution in [0.25, 0.3) is 0 Å². The average Bonchev–Trinajstić information content (AvgIpc) is 2.30. The third-order valence-corrected chi connectivity index (χ3v) is 4.21. The summed E-state index contributed by atoms with van der Waals surface area (Å²) in [5.74, 6) is 2.32. The summed E-state index contributed by atoms with van der Waals surface area (Å²) in [6.45, 7) is 2.11. The van der Waals surface area contributed by atoms with Crippen LogP contribution in [0, 0.1) is 5.82 Å². The minimum Gasteiger partial charge on any atom is -0.307 e. The number of rotatable bonds is 3. The van der Waals surface area contributed by atoms with Gasteiger partial charge >= 0.3 is 0 Å². The minimum absolute atomic E-state index is 0.149. The number of hydrogen-bond acceptors (Lipinski definition) is 2. The van der Waals surface area contributed by atoms with Crippen LogP contribution in [-0.4, -0.2) is 17.5 Å². The van der Waals surface area contributed by atoms with E-state index in [0.717, 1.165) is 5.56 Å². The first-order valence-electron chi connectivity index (χ1n) is 5.85. The van der Waals surface area contributed by atoms with E-state index in [1.165, 1.54) is 30.4 Å². The average molecular weight is 239 g/mol. The summed E-state index contributed by atoms with van der Waals surface area (Å²) in [6.07, 6.45) is 2.53. The quantitative estimate of drug-likeness (QED) is 0.868. The Bertz CT molecular complexity index is 336. The predicted molar refractivity (Wildman–Crippen MR) is 68.3 cm³/mol. The van der Waals surface area contributed by atoms with Crippen LogP contribution >= 0.6 is 11.8 Å². The van der Waals surface area contributed by atoms with Gasteiger partial charge in [-0.1, -0.05) is 12.1 Å². The molecule has 1 saturated heterocycles. The van der Waals surface area contributed by atoms with Crippen LogP contribution in [0.15, 0.2) is 24.3 Å². The zero-order valence-corrected chi connectivity index (χ0v) is 10.4. The van der Waals surface area contributed by atoms with E-state index >= 15 is 0 Å². The van der Waals surface area contributed by atoms with E-state index in [1.807, 2.05) is 17.8 Å². The van der Waals surface area contributed by atoms with Crippen LogP contribution in [0.1, 0.15) is 31.4 Å². The minimum atomic E-state index is -0.149. The first-order chi connectivity index (χ1) is 7.75. The molecule has 0 saturated carbocycles. The molecule has 88 valence electrons. The molecule has 0 aliphatic carbocycles. The van der Waals surface area contributed by atoms with Gasteiger partial charge in [0.05, 0.1) is 0 Å². The Morgan fingerprint density at radius 3 is 3.06 bits per heavy atom. The fourth-order valence-corrected chi connectivity index (χ4v) is 3.18. The zero-order valence-electron chi connectivity index (χ0n) is 9.58. The number of thioether (sulfide) groups is 1. The van der Waals surface area contributed by atoms with Crippen molar-refractivity contribution in [2.24, 2.45) is 0 Å². The van der Waals surface area contributed by atoms with Crippen molar-refractivity contribution in [1.29, 1.82) is 0 Å². The molecule has 1 aromatic carbocycles. The molecule has 2 atom stereocenters. The number of hydrogen-bond donors (Lipinski definition) is 1. The molecule has 1 aliphatic rings. The predicted octanol–water partition coefficient (Wildman–Crippen LogP) is 3.37. The van der Waals surface area contributed by atoms with Crippen molar-refractivity contribution >= 4 is 11.8 Å². The molecule has 1 heterocycles. The molecule has 1 fully saturated rings. The van der Waals surface area contributed by atoms with Crippen LogP contribution in [0.4, 0.5) is 4.39 Å². The summed E-state index contributed by atoms with van der Waals surface area (Å²) in [7, 11) is 0. The summed E-state index contributed by atoms with van der Waals surface area (Å²) in [5.41, 5.74) is 1.04. The fourth-order valence-electron chi connectivity index (χ4n) is 2.10. The van der Waals surface area contributed by atoms with E-state index in [1.54, 1.807) is 12.1 Å². The molecule has 0 radical (unpaired) electrons. The van der Waals surface area contributed by atoms with Crippen LogP contribution in [-0.2, 0) is 0 Å². The molecular formula is C13H18FNS. The number of halogens is 1. The molecule has 1 aromatic rings. The Morgan fingerprint density at radius 2 is 2.38 bits per heavy atom. The van der Waals surface area contributed by atoms with Gasteiger partial charge in [0.1, 0.15) is 5.82 Å². The van der Waals surface area contributed by atoms with E-state index in [4.69, 9.17) is 0 Å². The molecule has 0 aromatic heterocycles. The third-order valence-electron chi connectivity index (χ3n) is 2.99. The lowest BCUT2D eigenvalue weighted by Gasteiger charge is -2.26. The molecule has 0 amide bonds. The molecule has 1 N–H and O–H groups in total. The standard InChI is InChI=1S/C13H18FNS/c1-10(11-4-2-5-12(14)8-11)15-13-6-3-7-16-9-13/h2,4-5,8,10,13,15H,3,6-7,9H2,1H3. The third kappa shape index (κ3) is 3.22. The molecule has 1 aliphatic heterocycles. The maximum absolute atomic E-state index is 13.1. The molecule has 0 spiro atoms. The van der Waals surface area contributed by atoms with Crippen molar-refractivity contribution in [1.82, 2.24) is 5.32 Å². The lowest BCUT2D eigenvalue weighted by molar-refractivity contribution is 0.451. The van der Waals surface area contributed by atoms with Gasteiger partial charge < -0.3 is 5.32 Å². The number of benzene rings is 1. The number of nitrogens with one attached hydrogen (secondary N) is 1. The highest BCUT2D eigenvalue weighted by atomic mass is 32.2. The van der Waals surface area contributed by atoms with Crippen molar-refractivity contribution in [2.45, 2.75) is 31.8 Å². The Labute approximate surface area is 101 Å². The summed E-state index contributed by atoms with van der Waals surface area (Å²) in [4.78, 5) is 0. The van der Waals surface area contributed by atoms with Crippen molar-refractivity contribution in [2.75, 3.05) is 11.5 Å². The largest absolute Gasteiger partial charge is 0.307 e. The fraction of sp³-hybridized carbons (Fsp3) is 0.538. The summed E-state index contributed by atoms with van der Waals surface area (Å²) in [6, 6.07) is 7.69. The van der Waals surface area contributed by atoms with E-state index in [9.17, 15) is 4.39 Å². The first kappa shape index (κ1) is 11.9. The van der Waals surface area contributed by atoms with Gasteiger partial charge in [-0.2, -0.15) is 11.8 Å². The topological polar surface area (TPSA) is 12.0 Å². The van der Waals surface area contributed by atoms with Gasteiger partial charge in [-0.05, 0) is 43.2 Å². The normalized spacial score (nSPS) is 23.0. The molecule has 1 nitrogen and oxygen atoms in total. The second-order valence-electron chi connectivity index (χ2n) is 4.36. The molecule has 2 unspecified atom stereocenters. The lowest BCUT2D eigenvalue weighted by Crippen LogP contribution is -2.35. The van der Waals surface area contributed by atoms with Crippen molar-refractivity contribution < 1.29 is 4.39 Å². The maximum Gasteiger partial charge on any atom is 0.123 e. The second-order valence-corrected chi connectivity index (χ2v) is 5.51. The highest BCUT2D eigenvalue weighted by Gasteiger charge is 2.16. The van der Waals surface area contributed by atoms with Gasteiger partial charge in [0, 0.05) is 17.8 Å². The van der Waals surface area contributed by atoms with Gasteiger partial charge in [-0.3, -0.25) is 0 Å². The Balaban J connectivity index is 1.94. The Hall–Kier alpha value is -0.540. The van der Waals surface area contributed by atoms with E-state index < -0.39 is 0 Å². The summed E-state index contributed by atoms with van der Waals surface area (Å²) in [5, 5.41) is 3.57. The molecular weight excluding hydrogens is 221 g/mol. The van der Waals surface area contributed by atoms with Gasteiger partial charge in [0.15, 0.2) is 0 Å². The van der Waals surface area contributed by atoms with Crippen LogP contribution in [0.3, 0.4) is 0 Å². The van der Waals surface area contributed by atoms with Gasteiger partial charge in [0.2, 0.25) is 0 Å². The van der Waals surface area contributed by atoms with E-state index in [0.29, 0.717) is 6.04 Å². The Kier molecular flexibility index (Phi) is 4.24. The lowest BCUT2D eigenvalue weighted by atomic mass is 10.1. The van der Waals surface area contributed by atoms with Crippen LogP contribution in [0.5, 0.6) is 0 Å². The summed E-state index contributed by atoms with van der Waals surface area (Å²) >= 11 is 2.01.